The second-order valence-corrected chi connectivity index (χ2v) is 4.52. The summed E-state index contributed by atoms with van der Waals surface area (Å²) in [6, 6.07) is -1.01. The summed E-state index contributed by atoms with van der Waals surface area (Å²) < 4.78 is 24.8. The Morgan fingerprint density at radius 1 is 0.913 bits per heavy atom. The van der Waals surface area contributed by atoms with Gasteiger partial charge in [-0.15, -0.1) is 0 Å². The SMILES string of the molecule is COCCOCCCC(NC(=O)OCCOCCOC)C(=O)O. The molecule has 0 radical (unpaired) electrons. The van der Waals surface area contributed by atoms with E-state index >= 15 is 0 Å². The molecule has 1 atom stereocenters. The van der Waals surface area contributed by atoms with Crippen LogP contribution in [-0.4, -0.2) is 83.7 Å². The Kier molecular flexibility index (Phi) is 14.5. The molecule has 0 aromatic carbocycles. The Morgan fingerprint density at radius 2 is 1.48 bits per heavy atom. The third-order valence-electron chi connectivity index (χ3n) is 2.70. The lowest BCUT2D eigenvalue weighted by Crippen LogP contribution is -2.41. The highest BCUT2D eigenvalue weighted by Crippen LogP contribution is 1.99. The summed E-state index contributed by atoms with van der Waals surface area (Å²) >= 11 is 0. The fourth-order valence-electron chi connectivity index (χ4n) is 1.51. The maximum atomic E-state index is 11.5. The van der Waals surface area contributed by atoms with Crippen molar-refractivity contribution in [3.63, 3.8) is 0 Å². The van der Waals surface area contributed by atoms with Crippen LogP contribution in [0.1, 0.15) is 12.8 Å². The summed E-state index contributed by atoms with van der Waals surface area (Å²) in [5.74, 6) is -1.12. The van der Waals surface area contributed by atoms with Gasteiger partial charge in [-0.1, -0.05) is 0 Å². The molecule has 0 aliphatic rings. The van der Waals surface area contributed by atoms with E-state index in [1.807, 2.05) is 0 Å². The molecular formula is C14H27NO8. The third kappa shape index (κ3) is 13.9. The van der Waals surface area contributed by atoms with Crippen molar-refractivity contribution in [2.45, 2.75) is 18.9 Å². The zero-order chi connectivity index (χ0) is 17.3. The number of ether oxygens (including phenoxy) is 5. The number of carbonyl (C=O) groups excluding carboxylic acids is 1. The van der Waals surface area contributed by atoms with E-state index < -0.39 is 18.1 Å². The molecule has 136 valence electrons. The van der Waals surface area contributed by atoms with Crippen LogP contribution in [0.15, 0.2) is 0 Å². The molecule has 0 fully saturated rings. The normalized spacial score (nSPS) is 11.9. The van der Waals surface area contributed by atoms with Gasteiger partial charge in [0.1, 0.15) is 12.6 Å². The molecule has 0 saturated heterocycles. The van der Waals surface area contributed by atoms with Crippen molar-refractivity contribution >= 4 is 12.1 Å². The van der Waals surface area contributed by atoms with E-state index in [1.54, 1.807) is 14.2 Å². The number of carbonyl (C=O) groups is 2. The number of carboxylic acids is 1. The van der Waals surface area contributed by atoms with Crippen LogP contribution in [0.5, 0.6) is 0 Å². The summed E-state index contributed by atoms with van der Waals surface area (Å²) in [7, 11) is 3.13. The molecule has 23 heavy (non-hydrogen) atoms. The number of aliphatic carboxylic acids is 1. The van der Waals surface area contributed by atoms with Gasteiger partial charge in [-0.25, -0.2) is 9.59 Å². The van der Waals surface area contributed by atoms with Crippen LogP contribution in [0.3, 0.4) is 0 Å². The Hall–Kier alpha value is -1.42. The minimum absolute atomic E-state index is 0.0437. The van der Waals surface area contributed by atoms with Crippen LogP contribution >= 0.6 is 0 Å². The molecule has 1 unspecified atom stereocenters. The molecule has 0 aromatic rings. The van der Waals surface area contributed by atoms with E-state index in [2.05, 4.69) is 5.32 Å². The van der Waals surface area contributed by atoms with E-state index in [9.17, 15) is 9.59 Å². The lowest BCUT2D eigenvalue weighted by molar-refractivity contribution is -0.139. The molecule has 0 rings (SSSR count). The summed E-state index contributed by atoms with van der Waals surface area (Å²) in [5, 5.41) is 11.4. The van der Waals surface area contributed by atoms with Crippen molar-refractivity contribution in [1.29, 1.82) is 0 Å². The molecule has 0 spiro atoms. The number of methoxy groups -OCH3 is 2. The van der Waals surface area contributed by atoms with Gasteiger partial charge in [0, 0.05) is 20.8 Å². The number of carboxylic acid groups (broad SMARTS) is 1. The molecule has 9 heteroatoms. The van der Waals surface area contributed by atoms with Gasteiger partial charge in [0.2, 0.25) is 0 Å². The van der Waals surface area contributed by atoms with E-state index in [4.69, 9.17) is 28.8 Å². The molecule has 0 heterocycles. The van der Waals surface area contributed by atoms with E-state index in [-0.39, 0.29) is 19.6 Å². The molecule has 2 N–H and O–H groups in total. The lowest BCUT2D eigenvalue weighted by Gasteiger charge is -2.14. The Balaban J connectivity index is 3.76. The highest BCUT2D eigenvalue weighted by atomic mass is 16.6. The van der Waals surface area contributed by atoms with Crippen molar-refractivity contribution in [2.75, 3.05) is 60.5 Å². The first-order chi connectivity index (χ1) is 11.1. The highest BCUT2D eigenvalue weighted by molar-refractivity contribution is 5.79. The first-order valence-corrected chi connectivity index (χ1v) is 7.41. The first kappa shape index (κ1) is 21.6. The van der Waals surface area contributed by atoms with Crippen LogP contribution < -0.4 is 5.32 Å². The molecule has 0 aliphatic carbocycles. The average molecular weight is 337 g/mol. The van der Waals surface area contributed by atoms with Gasteiger partial charge < -0.3 is 34.1 Å². The quantitative estimate of drug-likeness (QED) is 0.410. The van der Waals surface area contributed by atoms with Gasteiger partial charge in [-0.05, 0) is 12.8 Å². The fourth-order valence-corrected chi connectivity index (χ4v) is 1.51. The maximum Gasteiger partial charge on any atom is 0.407 e. The van der Waals surface area contributed by atoms with Crippen molar-refractivity contribution in [1.82, 2.24) is 5.32 Å². The predicted molar refractivity (Wildman–Crippen MR) is 80.5 cm³/mol. The molecule has 1 amide bonds. The molecule has 0 bridgehead atoms. The number of hydrogen-bond acceptors (Lipinski definition) is 7. The van der Waals surface area contributed by atoms with E-state index in [0.717, 1.165) is 0 Å². The van der Waals surface area contributed by atoms with Gasteiger partial charge in [-0.3, -0.25) is 0 Å². The highest BCUT2D eigenvalue weighted by Gasteiger charge is 2.20. The van der Waals surface area contributed by atoms with Crippen molar-refractivity contribution in [2.24, 2.45) is 0 Å². The van der Waals surface area contributed by atoms with Crippen molar-refractivity contribution in [3.05, 3.63) is 0 Å². The maximum absolute atomic E-state index is 11.5. The Bertz CT molecular complexity index is 313. The van der Waals surface area contributed by atoms with E-state index in [0.29, 0.717) is 39.5 Å². The number of rotatable bonds is 15. The number of amides is 1. The third-order valence-corrected chi connectivity index (χ3v) is 2.70. The van der Waals surface area contributed by atoms with Crippen LogP contribution in [0, 0.1) is 0 Å². The van der Waals surface area contributed by atoms with E-state index in [1.165, 1.54) is 0 Å². The van der Waals surface area contributed by atoms with Gasteiger partial charge in [-0.2, -0.15) is 0 Å². The molecule has 0 aliphatic heterocycles. The minimum atomic E-state index is -1.12. The van der Waals surface area contributed by atoms with Gasteiger partial charge in [0.25, 0.3) is 0 Å². The van der Waals surface area contributed by atoms with Crippen LogP contribution in [0.2, 0.25) is 0 Å². The summed E-state index contributed by atoms with van der Waals surface area (Å²) in [5.41, 5.74) is 0. The van der Waals surface area contributed by atoms with Crippen molar-refractivity contribution in [3.8, 4) is 0 Å². The topological polar surface area (TPSA) is 113 Å². The molecule has 0 saturated carbocycles. The zero-order valence-corrected chi connectivity index (χ0v) is 13.7. The van der Waals surface area contributed by atoms with Crippen LogP contribution in [0.4, 0.5) is 4.79 Å². The zero-order valence-electron chi connectivity index (χ0n) is 13.7. The van der Waals surface area contributed by atoms with Gasteiger partial charge >= 0.3 is 12.1 Å². The molecular weight excluding hydrogens is 310 g/mol. The number of nitrogens with one attached hydrogen (secondary N) is 1. The molecule has 9 nitrogen and oxygen atoms in total. The predicted octanol–water partition coefficient (Wildman–Crippen LogP) is 0.272. The Morgan fingerprint density at radius 3 is 2.04 bits per heavy atom. The second-order valence-electron chi connectivity index (χ2n) is 4.52. The van der Waals surface area contributed by atoms with Crippen LogP contribution in [0.25, 0.3) is 0 Å². The number of alkyl carbamates (subject to hydrolysis) is 1. The fraction of sp³-hybridized carbons (Fsp3) is 0.857. The lowest BCUT2D eigenvalue weighted by atomic mass is 10.1. The smallest absolute Gasteiger partial charge is 0.407 e. The Labute approximate surface area is 136 Å². The molecule has 0 aromatic heterocycles. The summed E-state index contributed by atoms with van der Waals surface area (Å²) in [4.78, 5) is 22.6. The first-order valence-electron chi connectivity index (χ1n) is 7.41. The van der Waals surface area contributed by atoms with Crippen LogP contribution in [-0.2, 0) is 28.5 Å². The van der Waals surface area contributed by atoms with Gasteiger partial charge in [0.15, 0.2) is 0 Å². The largest absolute Gasteiger partial charge is 0.480 e. The standard InChI is InChI=1S/C14H27NO8/c1-19-6-8-21-5-3-4-12(13(16)17)15-14(18)23-11-10-22-9-7-20-2/h12H,3-11H2,1-2H3,(H,15,18)(H,16,17). The average Bonchev–Trinajstić information content (AvgIpc) is 2.52. The minimum Gasteiger partial charge on any atom is -0.480 e. The van der Waals surface area contributed by atoms with Gasteiger partial charge in [0.05, 0.1) is 33.0 Å². The number of hydrogen-bond donors (Lipinski definition) is 2. The second kappa shape index (κ2) is 15.5. The van der Waals surface area contributed by atoms with Crippen molar-refractivity contribution < 1.29 is 38.4 Å². The summed E-state index contributed by atoms with van der Waals surface area (Å²) in [6.07, 6.45) is -0.0314. The monoisotopic (exact) mass is 337 g/mol. The summed E-state index contributed by atoms with van der Waals surface area (Å²) in [6.45, 7) is 2.47.